The second-order valence-corrected chi connectivity index (χ2v) is 5.79. The SMILES string of the molecule is Cn1cc(/C=C/C(=O)N2CCSC[C@@H]2CC(=O)O)cn1. The molecule has 6 nitrogen and oxygen atoms in total. The summed E-state index contributed by atoms with van der Waals surface area (Å²) < 4.78 is 1.66. The second kappa shape index (κ2) is 6.60. The Labute approximate surface area is 121 Å². The number of carboxylic acids is 1. The smallest absolute Gasteiger partial charge is 0.305 e. The minimum Gasteiger partial charge on any atom is -0.481 e. The first-order valence-corrected chi connectivity index (χ1v) is 7.48. The molecule has 0 aromatic carbocycles. The quantitative estimate of drug-likeness (QED) is 0.834. The van der Waals surface area contributed by atoms with E-state index in [9.17, 15) is 9.59 Å². The van der Waals surface area contributed by atoms with Crippen LogP contribution in [-0.2, 0) is 16.6 Å². The summed E-state index contributed by atoms with van der Waals surface area (Å²) in [6.45, 7) is 0.596. The molecule has 1 saturated heterocycles. The molecule has 1 N–H and O–H groups in total. The van der Waals surface area contributed by atoms with Crippen LogP contribution in [0.3, 0.4) is 0 Å². The molecule has 2 heterocycles. The third-order valence-corrected chi connectivity index (χ3v) is 4.16. The third kappa shape index (κ3) is 3.86. The Kier molecular flexibility index (Phi) is 4.84. The zero-order chi connectivity index (χ0) is 14.5. The molecule has 0 unspecified atom stereocenters. The van der Waals surface area contributed by atoms with Gasteiger partial charge in [0.25, 0.3) is 0 Å². The van der Waals surface area contributed by atoms with Crippen LogP contribution in [0, 0.1) is 0 Å². The van der Waals surface area contributed by atoms with Crippen LogP contribution in [0.2, 0.25) is 0 Å². The molecule has 0 aliphatic carbocycles. The van der Waals surface area contributed by atoms with Crippen molar-refractivity contribution in [3.8, 4) is 0 Å². The first-order chi connectivity index (χ1) is 9.56. The average Bonchev–Trinajstić information content (AvgIpc) is 2.82. The van der Waals surface area contributed by atoms with Crippen molar-refractivity contribution in [2.75, 3.05) is 18.1 Å². The van der Waals surface area contributed by atoms with Crippen LogP contribution in [0.5, 0.6) is 0 Å². The van der Waals surface area contributed by atoms with E-state index in [1.165, 1.54) is 6.08 Å². The van der Waals surface area contributed by atoms with Crippen LogP contribution in [0.15, 0.2) is 18.5 Å². The van der Waals surface area contributed by atoms with Gasteiger partial charge in [-0.25, -0.2) is 0 Å². The molecule has 1 aromatic rings. The van der Waals surface area contributed by atoms with Crippen molar-refractivity contribution in [2.24, 2.45) is 7.05 Å². The van der Waals surface area contributed by atoms with E-state index in [-0.39, 0.29) is 18.4 Å². The van der Waals surface area contributed by atoms with Crippen LogP contribution in [0.4, 0.5) is 0 Å². The van der Waals surface area contributed by atoms with Gasteiger partial charge in [0.1, 0.15) is 0 Å². The summed E-state index contributed by atoms with van der Waals surface area (Å²) in [5.41, 5.74) is 0.849. The average molecular weight is 295 g/mol. The lowest BCUT2D eigenvalue weighted by Crippen LogP contribution is -2.46. The molecule has 7 heteroatoms. The van der Waals surface area contributed by atoms with E-state index in [1.54, 1.807) is 33.6 Å². The summed E-state index contributed by atoms with van der Waals surface area (Å²) in [6.07, 6.45) is 6.67. The van der Waals surface area contributed by atoms with Gasteiger partial charge in [-0.3, -0.25) is 14.3 Å². The first-order valence-electron chi connectivity index (χ1n) is 6.33. The first kappa shape index (κ1) is 14.6. The van der Waals surface area contributed by atoms with Gasteiger partial charge in [-0.15, -0.1) is 0 Å². The maximum absolute atomic E-state index is 12.2. The number of nitrogens with zero attached hydrogens (tertiary/aromatic N) is 3. The molecule has 20 heavy (non-hydrogen) atoms. The molecule has 108 valence electrons. The molecule has 0 bridgehead atoms. The third-order valence-electron chi connectivity index (χ3n) is 3.06. The van der Waals surface area contributed by atoms with Crippen LogP contribution in [-0.4, -0.2) is 55.8 Å². The topological polar surface area (TPSA) is 75.4 Å². The van der Waals surface area contributed by atoms with E-state index < -0.39 is 5.97 Å². The summed E-state index contributed by atoms with van der Waals surface area (Å²) in [6, 6.07) is -0.225. The Balaban J connectivity index is 2.02. The highest BCUT2D eigenvalue weighted by Crippen LogP contribution is 2.19. The Hall–Kier alpha value is -1.76. The minimum atomic E-state index is -0.869. The molecule has 0 spiro atoms. The van der Waals surface area contributed by atoms with Gasteiger partial charge >= 0.3 is 5.97 Å². The molecule has 0 saturated carbocycles. The van der Waals surface area contributed by atoms with Gasteiger partial charge in [-0.05, 0) is 6.08 Å². The fraction of sp³-hybridized carbons (Fsp3) is 0.462. The molecule has 1 aliphatic rings. The fourth-order valence-corrected chi connectivity index (χ4v) is 3.17. The van der Waals surface area contributed by atoms with Gasteiger partial charge < -0.3 is 10.0 Å². The van der Waals surface area contributed by atoms with Gasteiger partial charge in [0, 0.05) is 42.9 Å². The zero-order valence-corrected chi connectivity index (χ0v) is 12.0. The normalized spacial score (nSPS) is 19.4. The Morgan fingerprint density at radius 2 is 2.40 bits per heavy atom. The number of aromatic nitrogens is 2. The number of carbonyl (C=O) groups excluding carboxylic acids is 1. The van der Waals surface area contributed by atoms with E-state index in [1.807, 2.05) is 13.2 Å². The molecule has 1 fully saturated rings. The predicted molar refractivity (Wildman–Crippen MR) is 77.3 cm³/mol. The van der Waals surface area contributed by atoms with Crippen molar-refractivity contribution in [3.63, 3.8) is 0 Å². The lowest BCUT2D eigenvalue weighted by atomic mass is 10.2. The number of thioether (sulfide) groups is 1. The maximum atomic E-state index is 12.2. The van der Waals surface area contributed by atoms with Crippen molar-refractivity contribution in [3.05, 3.63) is 24.0 Å². The number of aliphatic carboxylic acids is 1. The number of aryl methyl sites for hydroxylation is 1. The maximum Gasteiger partial charge on any atom is 0.305 e. The number of hydrogen-bond acceptors (Lipinski definition) is 4. The van der Waals surface area contributed by atoms with Crippen LogP contribution < -0.4 is 0 Å². The largest absolute Gasteiger partial charge is 0.481 e. The molecular formula is C13H17N3O3S. The summed E-state index contributed by atoms with van der Waals surface area (Å²) in [5, 5.41) is 12.9. The van der Waals surface area contributed by atoms with Gasteiger partial charge in [-0.2, -0.15) is 16.9 Å². The van der Waals surface area contributed by atoms with E-state index >= 15 is 0 Å². The molecule has 0 radical (unpaired) electrons. The highest BCUT2D eigenvalue weighted by molar-refractivity contribution is 7.99. The molecule has 2 rings (SSSR count). The van der Waals surface area contributed by atoms with Crippen molar-refractivity contribution in [1.29, 1.82) is 0 Å². The summed E-state index contributed by atoms with van der Waals surface area (Å²) in [5.74, 6) is 0.522. The predicted octanol–water partition coefficient (Wildman–Crippen LogP) is 0.852. The highest BCUT2D eigenvalue weighted by atomic mass is 32.2. The Bertz CT molecular complexity index is 527. The van der Waals surface area contributed by atoms with Gasteiger partial charge in [-0.1, -0.05) is 0 Å². The molecule has 1 aromatic heterocycles. The van der Waals surface area contributed by atoms with E-state index in [4.69, 9.17) is 5.11 Å². The standard InChI is InChI=1S/C13H17N3O3S/c1-15-8-10(7-14-15)2-3-12(17)16-4-5-20-9-11(16)6-13(18)19/h2-3,7-8,11H,4-6,9H2,1H3,(H,18,19)/b3-2+/t11-/m0/s1. The van der Waals surface area contributed by atoms with Crippen LogP contribution >= 0.6 is 11.8 Å². The second-order valence-electron chi connectivity index (χ2n) is 4.64. The Morgan fingerprint density at radius 1 is 1.60 bits per heavy atom. The van der Waals surface area contributed by atoms with E-state index in [2.05, 4.69) is 5.10 Å². The van der Waals surface area contributed by atoms with Gasteiger partial charge in [0.05, 0.1) is 18.7 Å². The number of amides is 1. The summed E-state index contributed by atoms with van der Waals surface area (Å²) in [7, 11) is 1.81. The van der Waals surface area contributed by atoms with Crippen LogP contribution in [0.25, 0.3) is 6.08 Å². The Morgan fingerprint density at radius 3 is 3.05 bits per heavy atom. The van der Waals surface area contributed by atoms with Gasteiger partial charge in [0.2, 0.25) is 5.91 Å². The fourth-order valence-electron chi connectivity index (χ4n) is 2.11. The lowest BCUT2D eigenvalue weighted by molar-refractivity contribution is -0.139. The monoisotopic (exact) mass is 295 g/mol. The number of hydrogen-bond donors (Lipinski definition) is 1. The van der Waals surface area contributed by atoms with Crippen molar-refractivity contribution in [2.45, 2.75) is 12.5 Å². The zero-order valence-electron chi connectivity index (χ0n) is 11.2. The number of rotatable bonds is 4. The lowest BCUT2D eigenvalue weighted by Gasteiger charge is -2.33. The molecule has 1 aliphatic heterocycles. The molecule has 1 atom stereocenters. The van der Waals surface area contributed by atoms with Gasteiger partial charge in [0.15, 0.2) is 0 Å². The minimum absolute atomic E-state index is 0.000523. The van der Waals surface area contributed by atoms with E-state index in [0.29, 0.717) is 12.3 Å². The van der Waals surface area contributed by atoms with Crippen LogP contribution in [0.1, 0.15) is 12.0 Å². The molecule has 1 amide bonds. The summed E-state index contributed by atoms with van der Waals surface area (Å²) in [4.78, 5) is 24.7. The van der Waals surface area contributed by atoms with Crippen molar-refractivity contribution >= 4 is 29.7 Å². The van der Waals surface area contributed by atoms with Crippen molar-refractivity contribution < 1.29 is 14.7 Å². The van der Waals surface area contributed by atoms with E-state index in [0.717, 1.165) is 11.3 Å². The number of carbonyl (C=O) groups is 2. The molecular weight excluding hydrogens is 278 g/mol. The van der Waals surface area contributed by atoms with Crippen molar-refractivity contribution in [1.82, 2.24) is 14.7 Å². The highest BCUT2D eigenvalue weighted by Gasteiger charge is 2.27. The number of carboxylic acid groups (broad SMARTS) is 1. The summed E-state index contributed by atoms with van der Waals surface area (Å²) >= 11 is 1.69.